The number of hydrogen-bond acceptors (Lipinski definition) is 9. The number of pyridine rings is 1. The third-order valence-electron chi connectivity index (χ3n) is 6.43. The van der Waals surface area contributed by atoms with Gasteiger partial charge in [0.2, 0.25) is 0 Å². The highest BCUT2D eigenvalue weighted by molar-refractivity contribution is 7.21. The second kappa shape index (κ2) is 10.6. The average Bonchev–Trinajstić information content (AvgIpc) is 3.22. The number of methoxy groups -OCH3 is 2. The number of rotatable bonds is 8. The minimum absolute atomic E-state index is 0.0226. The fraction of sp³-hybridized carbons (Fsp3) is 0.417. The number of aliphatic hydroxyl groups excluding tert-OH is 1. The van der Waals surface area contributed by atoms with Crippen molar-refractivity contribution in [2.24, 2.45) is 5.73 Å². The summed E-state index contributed by atoms with van der Waals surface area (Å²) < 4.78 is 52.1. The van der Waals surface area contributed by atoms with Gasteiger partial charge in [-0.25, -0.2) is 4.98 Å². The van der Waals surface area contributed by atoms with Crippen LogP contribution in [0.4, 0.5) is 24.7 Å². The first-order chi connectivity index (χ1) is 17.5. The minimum Gasteiger partial charge on any atom is -0.493 e. The summed E-state index contributed by atoms with van der Waals surface area (Å²) in [7, 11) is 3.06. The Morgan fingerprint density at radius 2 is 1.92 bits per heavy atom. The van der Waals surface area contributed by atoms with Gasteiger partial charge in [-0.05, 0) is 36.6 Å². The van der Waals surface area contributed by atoms with Gasteiger partial charge in [0.05, 0.1) is 31.6 Å². The number of nitrogen functional groups attached to an aromatic ring is 1. The Morgan fingerprint density at radius 3 is 2.51 bits per heavy atom. The number of piperidine rings is 1. The number of aliphatic hydroxyl groups is 1. The van der Waals surface area contributed by atoms with E-state index in [0.717, 1.165) is 17.4 Å². The highest BCUT2D eigenvalue weighted by Crippen LogP contribution is 2.43. The van der Waals surface area contributed by atoms with Crippen LogP contribution in [-0.4, -0.2) is 55.9 Å². The Hall–Kier alpha value is -3.29. The molecule has 4 rings (SSSR count). The van der Waals surface area contributed by atoms with Crippen LogP contribution < -0.4 is 31.2 Å². The molecule has 37 heavy (non-hydrogen) atoms. The molecule has 1 aromatic carbocycles. The number of thiophene rings is 1. The molecule has 1 unspecified atom stereocenters. The van der Waals surface area contributed by atoms with Crippen LogP contribution in [0.2, 0.25) is 0 Å². The van der Waals surface area contributed by atoms with E-state index in [9.17, 15) is 23.1 Å². The molecule has 1 atom stereocenters. The van der Waals surface area contributed by atoms with Crippen LogP contribution in [0.5, 0.6) is 11.5 Å². The average molecular weight is 540 g/mol. The second-order valence-electron chi connectivity index (χ2n) is 8.71. The Bertz CT molecular complexity index is 1290. The van der Waals surface area contributed by atoms with Gasteiger partial charge in [-0.2, -0.15) is 13.2 Å². The molecule has 0 radical (unpaired) electrons. The summed E-state index contributed by atoms with van der Waals surface area (Å²) in [5.74, 6) is 0.360. The third kappa shape index (κ3) is 5.53. The number of halogens is 3. The van der Waals surface area contributed by atoms with E-state index in [1.165, 1.54) is 14.2 Å². The highest BCUT2D eigenvalue weighted by atomic mass is 32.1. The van der Waals surface area contributed by atoms with E-state index in [0.29, 0.717) is 49.5 Å². The van der Waals surface area contributed by atoms with Crippen molar-refractivity contribution in [1.29, 1.82) is 0 Å². The van der Waals surface area contributed by atoms with Crippen molar-refractivity contribution in [3.63, 3.8) is 0 Å². The van der Waals surface area contributed by atoms with E-state index in [1.54, 1.807) is 23.1 Å². The quantitative estimate of drug-likeness (QED) is 0.342. The summed E-state index contributed by atoms with van der Waals surface area (Å²) in [6, 6.07) is 6.25. The third-order valence-corrected chi connectivity index (χ3v) is 7.54. The molecule has 1 amide bonds. The van der Waals surface area contributed by atoms with Gasteiger partial charge in [-0.3, -0.25) is 4.79 Å². The fourth-order valence-electron chi connectivity index (χ4n) is 4.45. The first-order valence-electron chi connectivity index (χ1n) is 11.5. The number of aromatic nitrogens is 1. The minimum atomic E-state index is -4.68. The first-order valence-corrected chi connectivity index (χ1v) is 12.3. The number of carbonyl (C=O) groups is 1. The number of ether oxygens (including phenoxy) is 2. The summed E-state index contributed by atoms with van der Waals surface area (Å²) in [5, 5.41) is 13.6. The van der Waals surface area contributed by atoms with E-state index in [2.05, 4.69) is 10.3 Å². The zero-order chi connectivity index (χ0) is 26.9. The molecule has 2 aromatic heterocycles. The molecule has 200 valence electrons. The SMILES string of the molecule is COc1ccc(C(O)CNC2CCN(c3cc(C(F)(F)F)c4c(N)c(C(N)=O)sc4n3)CC2)cc1OC. The van der Waals surface area contributed by atoms with Gasteiger partial charge in [-0.15, -0.1) is 11.3 Å². The smallest absolute Gasteiger partial charge is 0.417 e. The summed E-state index contributed by atoms with van der Waals surface area (Å²) in [6.07, 6.45) is -4.18. The van der Waals surface area contributed by atoms with E-state index in [-0.39, 0.29) is 32.6 Å². The predicted octanol–water partition coefficient (Wildman–Crippen LogP) is 3.31. The molecule has 0 aliphatic carbocycles. The number of carbonyl (C=O) groups excluding carboxylic acids is 1. The summed E-state index contributed by atoms with van der Waals surface area (Å²) in [6.45, 7) is 1.22. The van der Waals surface area contributed by atoms with Gasteiger partial charge in [0.1, 0.15) is 15.5 Å². The monoisotopic (exact) mass is 539 g/mol. The molecule has 13 heteroatoms. The van der Waals surface area contributed by atoms with Crippen molar-refractivity contribution in [3.05, 3.63) is 40.3 Å². The maximum absolute atomic E-state index is 13.9. The Labute approximate surface area is 215 Å². The van der Waals surface area contributed by atoms with Crippen LogP contribution in [0.15, 0.2) is 24.3 Å². The number of nitrogens with zero attached hydrogens (tertiary/aromatic N) is 2. The lowest BCUT2D eigenvalue weighted by atomic mass is 10.0. The van der Waals surface area contributed by atoms with Crippen molar-refractivity contribution < 1.29 is 32.5 Å². The number of alkyl halides is 3. The second-order valence-corrected chi connectivity index (χ2v) is 9.71. The Kier molecular flexibility index (Phi) is 7.67. The maximum Gasteiger partial charge on any atom is 0.417 e. The highest BCUT2D eigenvalue weighted by Gasteiger charge is 2.37. The number of amides is 1. The predicted molar refractivity (Wildman–Crippen MR) is 135 cm³/mol. The number of anilines is 2. The van der Waals surface area contributed by atoms with Crippen molar-refractivity contribution in [3.8, 4) is 11.5 Å². The number of primary amides is 1. The van der Waals surface area contributed by atoms with Gasteiger partial charge in [0.15, 0.2) is 11.5 Å². The molecule has 3 aromatic rings. The van der Waals surface area contributed by atoms with E-state index in [1.807, 2.05) is 0 Å². The van der Waals surface area contributed by atoms with Crippen molar-refractivity contribution in [1.82, 2.24) is 10.3 Å². The lowest BCUT2D eigenvalue weighted by Crippen LogP contribution is -2.44. The van der Waals surface area contributed by atoms with Crippen LogP contribution in [0.3, 0.4) is 0 Å². The molecule has 1 aliphatic heterocycles. The van der Waals surface area contributed by atoms with Gasteiger partial charge >= 0.3 is 6.18 Å². The molecule has 1 saturated heterocycles. The van der Waals surface area contributed by atoms with Crippen LogP contribution in [-0.2, 0) is 6.18 Å². The molecule has 1 fully saturated rings. The zero-order valence-corrected chi connectivity index (χ0v) is 21.1. The molecule has 0 bridgehead atoms. The topological polar surface area (TPSA) is 136 Å². The number of benzene rings is 1. The molecule has 0 spiro atoms. The standard InChI is InChI=1S/C24H28F3N5O4S/c1-35-16-4-3-12(9-17(16)36-2)15(33)11-30-13-5-7-32(8-6-13)18-10-14(24(25,26)27)19-20(28)21(22(29)34)37-23(19)31-18/h3-4,9-10,13,15,30,33H,5-8,11,28H2,1-2H3,(H2,29,34). The van der Waals surface area contributed by atoms with Gasteiger partial charge < -0.3 is 36.3 Å². The molecular formula is C24H28F3N5O4S. The van der Waals surface area contributed by atoms with E-state index >= 15 is 0 Å². The van der Waals surface area contributed by atoms with Gasteiger partial charge in [-0.1, -0.05) is 6.07 Å². The lowest BCUT2D eigenvalue weighted by molar-refractivity contribution is -0.136. The van der Waals surface area contributed by atoms with Crippen molar-refractivity contribution in [2.75, 3.05) is 44.5 Å². The first kappa shape index (κ1) is 26.8. The fourth-order valence-corrected chi connectivity index (χ4v) is 5.41. The number of fused-ring (bicyclic) bond motifs is 1. The maximum atomic E-state index is 13.9. The van der Waals surface area contributed by atoms with E-state index < -0.39 is 23.8 Å². The number of nitrogens with two attached hydrogens (primary N) is 2. The van der Waals surface area contributed by atoms with Crippen molar-refractivity contribution in [2.45, 2.75) is 31.2 Å². The molecule has 0 saturated carbocycles. The zero-order valence-electron chi connectivity index (χ0n) is 20.3. The Balaban J connectivity index is 1.44. The van der Waals surface area contributed by atoms with Crippen LogP contribution in [0.1, 0.15) is 39.7 Å². The summed E-state index contributed by atoms with van der Waals surface area (Å²) in [4.78, 5) is 17.7. The molecular weight excluding hydrogens is 511 g/mol. The summed E-state index contributed by atoms with van der Waals surface area (Å²) >= 11 is 0.761. The molecule has 9 nitrogen and oxygen atoms in total. The van der Waals surface area contributed by atoms with Crippen LogP contribution in [0.25, 0.3) is 10.2 Å². The van der Waals surface area contributed by atoms with Gasteiger partial charge in [0.25, 0.3) is 5.91 Å². The van der Waals surface area contributed by atoms with E-state index in [4.69, 9.17) is 20.9 Å². The largest absolute Gasteiger partial charge is 0.493 e. The molecule has 3 heterocycles. The number of hydrogen-bond donors (Lipinski definition) is 4. The van der Waals surface area contributed by atoms with Crippen LogP contribution >= 0.6 is 11.3 Å². The molecule has 1 aliphatic rings. The summed E-state index contributed by atoms with van der Waals surface area (Å²) in [5.41, 5.74) is 10.5. The van der Waals surface area contributed by atoms with Crippen molar-refractivity contribution >= 4 is 39.0 Å². The molecule has 6 N–H and O–H groups in total. The lowest BCUT2D eigenvalue weighted by Gasteiger charge is -2.34. The normalized spacial score (nSPS) is 15.7. The Morgan fingerprint density at radius 1 is 1.24 bits per heavy atom. The van der Waals surface area contributed by atoms with Gasteiger partial charge in [0, 0.05) is 31.1 Å². The number of nitrogens with one attached hydrogen (secondary N) is 1. The van der Waals surface area contributed by atoms with Crippen LogP contribution in [0, 0.1) is 0 Å².